The van der Waals surface area contributed by atoms with Crippen molar-refractivity contribution < 1.29 is 9.21 Å². The van der Waals surface area contributed by atoms with Gasteiger partial charge in [-0.25, -0.2) is 4.98 Å². The van der Waals surface area contributed by atoms with Crippen LogP contribution in [0, 0.1) is 0 Å². The average molecular weight is 428 g/mol. The third kappa shape index (κ3) is 5.11. The lowest BCUT2D eigenvalue weighted by Gasteiger charge is -2.32. The van der Waals surface area contributed by atoms with Gasteiger partial charge in [0.25, 0.3) is 5.91 Å². The van der Waals surface area contributed by atoms with Crippen LogP contribution in [0.2, 0.25) is 5.02 Å². The second kappa shape index (κ2) is 9.47. The number of likely N-dealkylation sites (N-methyl/N-ethyl adjacent to an activating group) is 1. The number of carbonyl (C=O) groups is 1. The summed E-state index contributed by atoms with van der Waals surface area (Å²) in [4.78, 5) is 22.0. The van der Waals surface area contributed by atoms with Gasteiger partial charge in [0, 0.05) is 49.5 Å². The van der Waals surface area contributed by atoms with Crippen molar-refractivity contribution in [3.05, 3.63) is 53.4 Å². The summed E-state index contributed by atoms with van der Waals surface area (Å²) in [5.41, 5.74) is 1.77. The molecule has 0 bridgehead atoms. The maximum Gasteiger partial charge on any atom is 0.270 e. The molecule has 1 fully saturated rings. The van der Waals surface area contributed by atoms with Crippen LogP contribution in [0.5, 0.6) is 0 Å². The Balaban J connectivity index is 1.38. The Morgan fingerprint density at radius 1 is 1.17 bits per heavy atom. The van der Waals surface area contributed by atoms with Gasteiger partial charge >= 0.3 is 0 Å². The minimum atomic E-state index is -0.203. The lowest BCUT2D eigenvalue weighted by molar-refractivity contribution is 0.0944. The molecule has 1 saturated heterocycles. The smallest absolute Gasteiger partial charge is 0.270 e. The highest BCUT2D eigenvalue weighted by Crippen LogP contribution is 2.27. The molecule has 0 unspecified atom stereocenters. The van der Waals surface area contributed by atoms with E-state index in [-0.39, 0.29) is 5.91 Å². The van der Waals surface area contributed by atoms with Gasteiger partial charge in [0.15, 0.2) is 0 Å². The number of piperazine rings is 1. The van der Waals surface area contributed by atoms with E-state index in [1.165, 1.54) is 0 Å². The molecule has 3 heterocycles. The fourth-order valence-electron chi connectivity index (χ4n) is 3.51. The number of hydrogen-bond acceptors (Lipinski definition) is 6. The van der Waals surface area contributed by atoms with Crippen molar-refractivity contribution in [3.8, 4) is 0 Å². The molecule has 0 saturated carbocycles. The number of halogens is 1. The first-order chi connectivity index (χ1) is 14.6. The molecule has 1 amide bonds. The van der Waals surface area contributed by atoms with Crippen LogP contribution in [-0.4, -0.2) is 67.0 Å². The van der Waals surface area contributed by atoms with Crippen LogP contribution < -0.4 is 10.6 Å². The monoisotopic (exact) mass is 427 g/mol. The molecule has 0 aliphatic carbocycles. The zero-order chi connectivity index (χ0) is 20.9. The largest absolute Gasteiger partial charge is 0.464 e. The van der Waals surface area contributed by atoms with Crippen molar-refractivity contribution in [2.75, 3.05) is 51.6 Å². The molecule has 30 heavy (non-hydrogen) atoms. The third-order valence-corrected chi connectivity index (χ3v) is 5.57. The first-order valence-electron chi connectivity index (χ1n) is 10.2. The maximum atomic E-state index is 12.7. The van der Waals surface area contributed by atoms with Crippen molar-refractivity contribution in [1.29, 1.82) is 0 Å². The number of amides is 1. The van der Waals surface area contributed by atoms with Gasteiger partial charge in [0.2, 0.25) is 0 Å². The van der Waals surface area contributed by atoms with Crippen molar-refractivity contribution in [3.63, 3.8) is 0 Å². The van der Waals surface area contributed by atoms with Crippen LogP contribution in [0.3, 0.4) is 0 Å². The molecule has 1 aliphatic heterocycles. The number of pyridine rings is 1. The fourth-order valence-corrected chi connectivity index (χ4v) is 3.64. The number of nitrogens with zero attached hydrogens (tertiary/aromatic N) is 3. The lowest BCUT2D eigenvalue weighted by atomic mass is 10.2. The van der Waals surface area contributed by atoms with Crippen LogP contribution in [0.1, 0.15) is 16.9 Å². The quantitative estimate of drug-likeness (QED) is 0.561. The van der Waals surface area contributed by atoms with Crippen LogP contribution in [0.25, 0.3) is 11.0 Å². The number of aromatic nitrogens is 1. The Morgan fingerprint density at radius 3 is 2.70 bits per heavy atom. The van der Waals surface area contributed by atoms with Gasteiger partial charge in [0.1, 0.15) is 17.1 Å². The second-order valence-corrected chi connectivity index (χ2v) is 8.01. The predicted octanol–water partition coefficient (Wildman–Crippen LogP) is 3.59. The number of hydrogen-bond donors (Lipinski definition) is 2. The molecule has 8 heteroatoms. The molecule has 0 radical (unpaired) electrons. The van der Waals surface area contributed by atoms with E-state index in [4.69, 9.17) is 16.0 Å². The molecule has 7 nitrogen and oxygen atoms in total. The van der Waals surface area contributed by atoms with E-state index in [0.717, 1.165) is 50.2 Å². The second-order valence-electron chi connectivity index (χ2n) is 7.57. The molecule has 158 valence electrons. The zero-order valence-electron chi connectivity index (χ0n) is 17.0. The molecule has 1 aromatic carbocycles. The van der Waals surface area contributed by atoms with Gasteiger partial charge in [-0.3, -0.25) is 4.79 Å². The molecular formula is C22H26ClN5O2. The van der Waals surface area contributed by atoms with Crippen LogP contribution in [0.4, 0.5) is 11.5 Å². The van der Waals surface area contributed by atoms with Gasteiger partial charge in [0.05, 0.1) is 11.6 Å². The molecule has 0 spiro atoms. The van der Waals surface area contributed by atoms with Gasteiger partial charge in [-0.2, -0.15) is 0 Å². The van der Waals surface area contributed by atoms with E-state index in [1.807, 2.05) is 18.2 Å². The Labute approximate surface area is 181 Å². The topological polar surface area (TPSA) is 73.6 Å². The number of rotatable bonds is 7. The number of furan rings is 1. The van der Waals surface area contributed by atoms with Crippen molar-refractivity contribution in [2.24, 2.45) is 0 Å². The Kier molecular flexibility index (Phi) is 6.52. The summed E-state index contributed by atoms with van der Waals surface area (Å²) in [5, 5.41) is 7.70. The summed E-state index contributed by atoms with van der Waals surface area (Å²) in [6.45, 7) is 5.97. The summed E-state index contributed by atoms with van der Waals surface area (Å²) in [6, 6.07) is 10.8. The van der Waals surface area contributed by atoms with Gasteiger partial charge in [-0.1, -0.05) is 11.6 Å². The molecule has 4 rings (SSSR count). The molecule has 0 atom stereocenters. The number of nitrogens with one attached hydrogen (secondary N) is 2. The van der Waals surface area contributed by atoms with Crippen molar-refractivity contribution in [2.45, 2.75) is 6.42 Å². The van der Waals surface area contributed by atoms with Crippen molar-refractivity contribution >= 4 is 40.0 Å². The van der Waals surface area contributed by atoms with E-state index < -0.39 is 0 Å². The van der Waals surface area contributed by atoms with Gasteiger partial charge in [-0.15, -0.1) is 0 Å². The fraction of sp³-hybridized carbons (Fsp3) is 0.364. The third-order valence-electron chi connectivity index (χ3n) is 5.32. The highest BCUT2D eigenvalue weighted by molar-refractivity contribution is 6.30. The number of fused-ring (bicyclic) bond motifs is 1. The summed E-state index contributed by atoms with van der Waals surface area (Å²) in [5.74, 6) is 0.372. The van der Waals surface area contributed by atoms with Crippen molar-refractivity contribution in [1.82, 2.24) is 20.1 Å². The van der Waals surface area contributed by atoms with E-state index in [2.05, 4.69) is 32.5 Å². The minimum absolute atomic E-state index is 0.203. The van der Waals surface area contributed by atoms with Crippen LogP contribution >= 0.6 is 11.6 Å². The Hall–Kier alpha value is -2.61. The number of anilines is 2. The first kappa shape index (κ1) is 20.7. The summed E-state index contributed by atoms with van der Waals surface area (Å²) < 4.78 is 5.53. The molecular weight excluding hydrogens is 402 g/mol. The minimum Gasteiger partial charge on any atom is -0.464 e. The average Bonchev–Trinajstić information content (AvgIpc) is 3.23. The zero-order valence-corrected chi connectivity index (χ0v) is 17.8. The molecule has 3 aromatic rings. The molecule has 1 aliphatic rings. The summed E-state index contributed by atoms with van der Waals surface area (Å²) in [7, 11) is 2.15. The molecule has 2 aromatic heterocycles. The number of carbonyl (C=O) groups excluding carboxylic acids is 1. The van der Waals surface area contributed by atoms with E-state index >= 15 is 0 Å². The van der Waals surface area contributed by atoms with Crippen LogP contribution in [-0.2, 0) is 0 Å². The lowest BCUT2D eigenvalue weighted by Crippen LogP contribution is -2.45. The summed E-state index contributed by atoms with van der Waals surface area (Å²) in [6.07, 6.45) is 2.51. The maximum absolute atomic E-state index is 12.7. The predicted molar refractivity (Wildman–Crippen MR) is 120 cm³/mol. The van der Waals surface area contributed by atoms with Gasteiger partial charge in [-0.05, 0) is 50.3 Å². The van der Waals surface area contributed by atoms with Crippen LogP contribution in [0.15, 0.2) is 47.1 Å². The Bertz CT molecular complexity index is 996. The standard InChI is InChI=1S/C22H26ClN5O2/c1-27-10-12-28(13-11-27)9-2-8-24-22(29)19-15-20-18(7-14-30-20)21(26-19)25-17-5-3-16(23)4-6-17/h3-7,14-15H,2,8-13H2,1H3,(H,24,29)(H,25,26). The Morgan fingerprint density at radius 2 is 1.93 bits per heavy atom. The molecule has 2 N–H and O–H groups in total. The normalized spacial score (nSPS) is 15.4. The SMILES string of the molecule is CN1CCN(CCCNC(=O)c2cc3occc3c(Nc3ccc(Cl)cc3)n2)CC1. The van der Waals surface area contributed by atoms with Gasteiger partial charge < -0.3 is 24.9 Å². The van der Waals surface area contributed by atoms with E-state index in [9.17, 15) is 4.79 Å². The number of benzene rings is 1. The highest BCUT2D eigenvalue weighted by Gasteiger charge is 2.15. The van der Waals surface area contributed by atoms with E-state index in [0.29, 0.717) is 28.7 Å². The first-order valence-corrected chi connectivity index (χ1v) is 10.6. The highest BCUT2D eigenvalue weighted by atomic mass is 35.5. The summed E-state index contributed by atoms with van der Waals surface area (Å²) >= 11 is 5.96. The van der Waals surface area contributed by atoms with E-state index in [1.54, 1.807) is 24.5 Å².